The van der Waals surface area contributed by atoms with Crippen molar-refractivity contribution >= 4 is 35.8 Å². The molecule has 0 bridgehead atoms. The number of halogens is 1. The second-order valence-corrected chi connectivity index (χ2v) is 7.09. The molecule has 0 radical (unpaired) electrons. The molecule has 172 valence electrons. The van der Waals surface area contributed by atoms with Crippen molar-refractivity contribution in [2.24, 2.45) is 4.99 Å². The Bertz CT molecular complexity index is 781. The van der Waals surface area contributed by atoms with E-state index in [1.54, 1.807) is 6.26 Å². The third kappa shape index (κ3) is 10.7. The van der Waals surface area contributed by atoms with Gasteiger partial charge in [-0.2, -0.15) is 0 Å². The van der Waals surface area contributed by atoms with Crippen molar-refractivity contribution in [3.63, 3.8) is 0 Å². The van der Waals surface area contributed by atoms with Crippen LogP contribution in [0.2, 0.25) is 0 Å². The number of hydrogen-bond donors (Lipinski definition) is 3. The number of hydrogen-bond acceptors (Lipinski definition) is 4. The van der Waals surface area contributed by atoms with Gasteiger partial charge in [0, 0.05) is 31.3 Å². The molecule has 1 aromatic carbocycles. The van der Waals surface area contributed by atoms with Gasteiger partial charge in [0.25, 0.3) is 5.91 Å². The van der Waals surface area contributed by atoms with E-state index in [-0.39, 0.29) is 35.9 Å². The fourth-order valence-corrected chi connectivity index (χ4v) is 2.68. The number of rotatable bonds is 12. The summed E-state index contributed by atoms with van der Waals surface area (Å²) in [6, 6.07) is 11.5. The summed E-state index contributed by atoms with van der Waals surface area (Å²) < 4.78 is 10.8. The molecule has 7 nitrogen and oxygen atoms in total. The molecule has 2 rings (SSSR count). The zero-order valence-corrected chi connectivity index (χ0v) is 21.0. The molecule has 0 fully saturated rings. The van der Waals surface area contributed by atoms with Gasteiger partial charge in [0.1, 0.15) is 12.4 Å². The molecule has 0 saturated heterocycles. The van der Waals surface area contributed by atoms with Gasteiger partial charge in [-0.05, 0) is 56.5 Å². The normalized spacial score (nSPS) is 12.0. The SMILES string of the molecule is CCNC(=NCc1cccc(C(=O)NC(C)CC)c1)NCCCOCc1ccco1.I. The maximum atomic E-state index is 12.3. The molecule has 31 heavy (non-hydrogen) atoms. The maximum Gasteiger partial charge on any atom is 0.251 e. The molecule has 1 atom stereocenters. The molecule has 2 aromatic rings. The summed E-state index contributed by atoms with van der Waals surface area (Å²) in [5.41, 5.74) is 1.65. The van der Waals surface area contributed by atoms with Crippen LogP contribution in [0.3, 0.4) is 0 Å². The summed E-state index contributed by atoms with van der Waals surface area (Å²) in [6.07, 6.45) is 3.41. The molecular weight excluding hydrogens is 507 g/mol. The van der Waals surface area contributed by atoms with E-state index in [4.69, 9.17) is 9.15 Å². The fourth-order valence-electron chi connectivity index (χ4n) is 2.68. The summed E-state index contributed by atoms with van der Waals surface area (Å²) >= 11 is 0. The zero-order valence-electron chi connectivity index (χ0n) is 18.6. The number of ether oxygens (including phenoxy) is 1. The first-order chi connectivity index (χ1) is 14.6. The van der Waals surface area contributed by atoms with Crippen LogP contribution >= 0.6 is 24.0 Å². The standard InChI is InChI=1S/C23H34N4O3.HI/c1-4-18(3)27-22(28)20-10-6-9-19(15-20)16-26-23(24-5-2)25-12-8-13-29-17-21-11-7-14-30-21;/h6-7,9-11,14-15,18H,4-5,8,12-13,16-17H2,1-3H3,(H,27,28)(H2,24,25,26);1H. The number of carbonyl (C=O) groups excluding carboxylic acids is 1. The van der Waals surface area contributed by atoms with E-state index in [1.807, 2.05) is 50.2 Å². The van der Waals surface area contributed by atoms with E-state index < -0.39 is 0 Å². The Hall–Kier alpha value is -2.07. The number of aliphatic imine (C=N–C) groups is 1. The van der Waals surface area contributed by atoms with E-state index >= 15 is 0 Å². The van der Waals surface area contributed by atoms with Gasteiger partial charge in [-0.1, -0.05) is 19.1 Å². The summed E-state index contributed by atoms with van der Waals surface area (Å²) in [6.45, 7) is 9.24. The van der Waals surface area contributed by atoms with Gasteiger partial charge in [0.2, 0.25) is 0 Å². The van der Waals surface area contributed by atoms with Gasteiger partial charge in [-0.25, -0.2) is 4.99 Å². The molecule has 0 aliphatic carbocycles. The first-order valence-electron chi connectivity index (χ1n) is 10.6. The predicted molar refractivity (Wildman–Crippen MR) is 135 cm³/mol. The summed E-state index contributed by atoms with van der Waals surface area (Å²) in [4.78, 5) is 16.9. The molecule has 1 unspecified atom stereocenters. The minimum absolute atomic E-state index is 0. The highest BCUT2D eigenvalue weighted by atomic mass is 127. The monoisotopic (exact) mass is 542 g/mol. The number of guanidine groups is 1. The lowest BCUT2D eigenvalue weighted by molar-refractivity contribution is 0.0939. The van der Waals surface area contributed by atoms with Crippen molar-refractivity contribution in [1.29, 1.82) is 0 Å². The number of furan rings is 1. The Morgan fingerprint density at radius 2 is 2.03 bits per heavy atom. The van der Waals surface area contributed by atoms with Gasteiger partial charge in [-0.3, -0.25) is 4.79 Å². The first kappa shape index (κ1) is 27.0. The lowest BCUT2D eigenvalue weighted by atomic mass is 10.1. The van der Waals surface area contributed by atoms with Gasteiger partial charge in [0.15, 0.2) is 5.96 Å². The van der Waals surface area contributed by atoms with E-state index in [0.717, 1.165) is 43.2 Å². The number of carbonyl (C=O) groups is 1. The predicted octanol–water partition coefficient (Wildman–Crippen LogP) is 4.09. The fraction of sp³-hybridized carbons (Fsp3) is 0.478. The molecule has 1 heterocycles. The van der Waals surface area contributed by atoms with Crippen LogP contribution < -0.4 is 16.0 Å². The van der Waals surface area contributed by atoms with Crippen LogP contribution in [0.1, 0.15) is 55.3 Å². The molecule has 1 aromatic heterocycles. The van der Waals surface area contributed by atoms with E-state index in [2.05, 4.69) is 27.9 Å². The molecule has 0 saturated carbocycles. The molecular formula is C23H35IN4O3. The van der Waals surface area contributed by atoms with Gasteiger partial charge < -0.3 is 25.1 Å². The Morgan fingerprint density at radius 1 is 1.19 bits per heavy atom. The van der Waals surface area contributed by atoms with Crippen LogP contribution in [0.15, 0.2) is 52.1 Å². The highest BCUT2D eigenvalue weighted by Crippen LogP contribution is 2.08. The second-order valence-electron chi connectivity index (χ2n) is 7.09. The van der Waals surface area contributed by atoms with Crippen molar-refractivity contribution in [2.75, 3.05) is 19.7 Å². The van der Waals surface area contributed by atoms with E-state index in [0.29, 0.717) is 25.3 Å². The van der Waals surface area contributed by atoms with Crippen LogP contribution in [0, 0.1) is 0 Å². The quantitative estimate of drug-likeness (QED) is 0.163. The van der Waals surface area contributed by atoms with Crippen LogP contribution in [0.25, 0.3) is 0 Å². The Balaban J connectivity index is 0.00000480. The van der Waals surface area contributed by atoms with Crippen molar-refractivity contribution in [3.05, 3.63) is 59.5 Å². The Morgan fingerprint density at radius 3 is 2.74 bits per heavy atom. The minimum atomic E-state index is -0.0465. The summed E-state index contributed by atoms with van der Waals surface area (Å²) in [5.74, 6) is 1.53. The summed E-state index contributed by atoms with van der Waals surface area (Å²) in [5, 5.41) is 9.55. The lowest BCUT2D eigenvalue weighted by Gasteiger charge is -2.13. The van der Waals surface area contributed by atoms with Gasteiger partial charge >= 0.3 is 0 Å². The van der Waals surface area contributed by atoms with Gasteiger partial charge in [0.05, 0.1) is 12.8 Å². The number of nitrogens with one attached hydrogen (secondary N) is 3. The first-order valence-corrected chi connectivity index (χ1v) is 10.6. The van der Waals surface area contributed by atoms with Crippen molar-refractivity contribution in [1.82, 2.24) is 16.0 Å². The third-order valence-corrected chi connectivity index (χ3v) is 4.53. The highest BCUT2D eigenvalue weighted by Gasteiger charge is 2.09. The second kappa shape index (κ2) is 15.7. The number of amides is 1. The molecule has 8 heteroatoms. The summed E-state index contributed by atoms with van der Waals surface area (Å²) in [7, 11) is 0. The topological polar surface area (TPSA) is 87.9 Å². The largest absolute Gasteiger partial charge is 0.467 e. The Kier molecular flexibility index (Phi) is 13.6. The van der Waals surface area contributed by atoms with Crippen molar-refractivity contribution in [3.8, 4) is 0 Å². The number of benzene rings is 1. The van der Waals surface area contributed by atoms with Crippen molar-refractivity contribution in [2.45, 2.75) is 52.8 Å². The van der Waals surface area contributed by atoms with Crippen LogP contribution in [0.4, 0.5) is 0 Å². The molecule has 0 aliphatic rings. The average Bonchev–Trinajstić information content (AvgIpc) is 3.28. The maximum absolute atomic E-state index is 12.3. The highest BCUT2D eigenvalue weighted by molar-refractivity contribution is 14.0. The molecule has 3 N–H and O–H groups in total. The lowest BCUT2D eigenvalue weighted by Crippen LogP contribution is -2.38. The van der Waals surface area contributed by atoms with E-state index in [1.165, 1.54) is 0 Å². The molecule has 0 aliphatic heterocycles. The van der Waals surface area contributed by atoms with Crippen molar-refractivity contribution < 1.29 is 13.9 Å². The number of nitrogens with zero attached hydrogens (tertiary/aromatic N) is 1. The average molecular weight is 542 g/mol. The van der Waals surface area contributed by atoms with Crippen LogP contribution in [-0.4, -0.2) is 37.6 Å². The zero-order chi connectivity index (χ0) is 21.6. The van der Waals surface area contributed by atoms with E-state index in [9.17, 15) is 4.79 Å². The van der Waals surface area contributed by atoms with Crippen LogP contribution in [-0.2, 0) is 17.9 Å². The van der Waals surface area contributed by atoms with Crippen LogP contribution in [0.5, 0.6) is 0 Å². The Labute approximate surface area is 202 Å². The van der Waals surface area contributed by atoms with Gasteiger partial charge in [-0.15, -0.1) is 24.0 Å². The minimum Gasteiger partial charge on any atom is -0.467 e. The smallest absolute Gasteiger partial charge is 0.251 e. The molecule has 1 amide bonds. The third-order valence-electron chi connectivity index (χ3n) is 4.53. The molecule has 0 spiro atoms.